The number of amides is 2. The molecular formula is C16H22N2O3. The molecule has 0 saturated carbocycles. The zero-order chi connectivity index (χ0) is 15.4. The molecule has 1 aromatic carbocycles. The number of urea groups is 1. The van der Waals surface area contributed by atoms with Crippen LogP contribution in [0.3, 0.4) is 0 Å². The van der Waals surface area contributed by atoms with Gasteiger partial charge in [0.15, 0.2) is 0 Å². The van der Waals surface area contributed by atoms with Gasteiger partial charge in [0.05, 0.1) is 5.92 Å². The summed E-state index contributed by atoms with van der Waals surface area (Å²) in [6.07, 6.45) is 0.800. The van der Waals surface area contributed by atoms with Gasteiger partial charge in [-0.3, -0.25) is 4.79 Å². The van der Waals surface area contributed by atoms with E-state index >= 15 is 0 Å². The number of benzene rings is 1. The number of aliphatic carboxylic acids is 1. The number of nitrogens with zero attached hydrogens (tertiary/aromatic N) is 2. The lowest BCUT2D eigenvalue weighted by molar-refractivity contribution is -0.142. The number of carbonyl (C=O) groups excluding carboxylic acids is 1. The second-order valence-corrected chi connectivity index (χ2v) is 5.77. The van der Waals surface area contributed by atoms with Gasteiger partial charge in [-0.2, -0.15) is 0 Å². The Labute approximate surface area is 125 Å². The summed E-state index contributed by atoms with van der Waals surface area (Å²) in [6, 6.07) is 9.93. The summed E-state index contributed by atoms with van der Waals surface area (Å²) in [6.45, 7) is 3.35. The smallest absolute Gasteiger partial charge is 0.319 e. The van der Waals surface area contributed by atoms with Crippen molar-refractivity contribution in [1.82, 2.24) is 9.80 Å². The SMILES string of the molecule is C[C@@H]1CN(C(=O)N(C)CCc2ccccc2)C[C@H]1C(=O)O. The van der Waals surface area contributed by atoms with Gasteiger partial charge in [0, 0.05) is 26.7 Å². The predicted octanol–water partition coefficient (Wildman–Crippen LogP) is 1.93. The van der Waals surface area contributed by atoms with E-state index in [4.69, 9.17) is 5.11 Å². The monoisotopic (exact) mass is 290 g/mol. The van der Waals surface area contributed by atoms with Crippen LogP contribution in [0, 0.1) is 11.8 Å². The Bertz CT molecular complexity index is 504. The molecule has 1 fully saturated rings. The number of likely N-dealkylation sites (N-methyl/N-ethyl adjacent to an activating group) is 1. The molecule has 2 amide bonds. The van der Waals surface area contributed by atoms with Crippen molar-refractivity contribution < 1.29 is 14.7 Å². The first-order chi connectivity index (χ1) is 9.99. The molecule has 1 aliphatic rings. The summed E-state index contributed by atoms with van der Waals surface area (Å²) < 4.78 is 0. The largest absolute Gasteiger partial charge is 0.481 e. The molecule has 0 unspecified atom stereocenters. The lowest BCUT2D eigenvalue weighted by atomic mass is 9.99. The van der Waals surface area contributed by atoms with Crippen LogP contribution in [0.4, 0.5) is 4.79 Å². The normalized spacial score (nSPS) is 21.3. The Hall–Kier alpha value is -2.04. The minimum atomic E-state index is -0.815. The molecule has 1 heterocycles. The second kappa shape index (κ2) is 6.61. The van der Waals surface area contributed by atoms with Crippen LogP contribution >= 0.6 is 0 Å². The van der Waals surface area contributed by atoms with E-state index in [1.54, 1.807) is 16.8 Å². The summed E-state index contributed by atoms with van der Waals surface area (Å²) in [4.78, 5) is 26.8. The molecule has 2 atom stereocenters. The van der Waals surface area contributed by atoms with Gasteiger partial charge in [-0.25, -0.2) is 4.79 Å². The van der Waals surface area contributed by atoms with E-state index in [1.807, 2.05) is 37.3 Å². The number of hydrogen-bond donors (Lipinski definition) is 1. The Morgan fingerprint density at radius 2 is 1.95 bits per heavy atom. The van der Waals surface area contributed by atoms with Gasteiger partial charge in [-0.1, -0.05) is 37.3 Å². The van der Waals surface area contributed by atoms with Crippen LogP contribution < -0.4 is 0 Å². The second-order valence-electron chi connectivity index (χ2n) is 5.77. The van der Waals surface area contributed by atoms with E-state index in [0.29, 0.717) is 19.6 Å². The molecule has 21 heavy (non-hydrogen) atoms. The first-order valence-electron chi connectivity index (χ1n) is 7.26. The molecule has 1 aromatic rings. The predicted molar refractivity (Wildman–Crippen MR) is 80.0 cm³/mol. The van der Waals surface area contributed by atoms with Crippen molar-refractivity contribution >= 4 is 12.0 Å². The van der Waals surface area contributed by atoms with Crippen molar-refractivity contribution in [2.24, 2.45) is 11.8 Å². The van der Waals surface area contributed by atoms with Gasteiger partial charge in [0.2, 0.25) is 0 Å². The fraction of sp³-hybridized carbons (Fsp3) is 0.500. The molecule has 0 bridgehead atoms. The highest BCUT2D eigenvalue weighted by molar-refractivity contribution is 5.77. The number of carboxylic acid groups (broad SMARTS) is 1. The van der Waals surface area contributed by atoms with Crippen molar-refractivity contribution in [3.8, 4) is 0 Å². The van der Waals surface area contributed by atoms with E-state index in [1.165, 1.54) is 5.56 Å². The van der Waals surface area contributed by atoms with Gasteiger partial charge in [0.25, 0.3) is 0 Å². The lowest BCUT2D eigenvalue weighted by Crippen LogP contribution is -2.41. The molecule has 114 valence electrons. The van der Waals surface area contributed by atoms with Gasteiger partial charge in [-0.15, -0.1) is 0 Å². The maximum atomic E-state index is 12.3. The summed E-state index contributed by atoms with van der Waals surface area (Å²) in [5.41, 5.74) is 1.19. The van der Waals surface area contributed by atoms with Gasteiger partial charge in [-0.05, 0) is 17.9 Å². The molecule has 5 nitrogen and oxygen atoms in total. The summed E-state index contributed by atoms with van der Waals surface area (Å²) in [5.74, 6) is -1.25. The fourth-order valence-corrected chi connectivity index (χ4v) is 2.72. The van der Waals surface area contributed by atoms with Crippen LogP contribution in [-0.4, -0.2) is 53.6 Å². The van der Waals surface area contributed by atoms with Crippen molar-refractivity contribution in [2.45, 2.75) is 13.3 Å². The highest BCUT2D eigenvalue weighted by Gasteiger charge is 2.37. The molecule has 0 aliphatic carbocycles. The quantitative estimate of drug-likeness (QED) is 0.921. The van der Waals surface area contributed by atoms with E-state index in [0.717, 1.165) is 6.42 Å². The molecule has 0 aromatic heterocycles. The van der Waals surface area contributed by atoms with Crippen LogP contribution in [0.1, 0.15) is 12.5 Å². The fourth-order valence-electron chi connectivity index (χ4n) is 2.72. The van der Waals surface area contributed by atoms with E-state index in [2.05, 4.69) is 0 Å². The summed E-state index contributed by atoms with van der Waals surface area (Å²) in [7, 11) is 1.77. The molecular weight excluding hydrogens is 268 g/mol. The van der Waals surface area contributed by atoms with E-state index in [-0.39, 0.29) is 11.9 Å². The van der Waals surface area contributed by atoms with E-state index < -0.39 is 11.9 Å². The number of hydrogen-bond acceptors (Lipinski definition) is 2. The maximum Gasteiger partial charge on any atom is 0.319 e. The van der Waals surface area contributed by atoms with Crippen molar-refractivity contribution in [3.63, 3.8) is 0 Å². The molecule has 1 N–H and O–H groups in total. The average molecular weight is 290 g/mol. The molecule has 5 heteroatoms. The molecule has 0 spiro atoms. The standard InChI is InChI=1S/C16H22N2O3/c1-12-10-18(11-14(12)15(19)20)16(21)17(2)9-8-13-6-4-3-5-7-13/h3-7,12,14H,8-11H2,1-2H3,(H,19,20)/t12-,14-/m1/s1. The molecule has 0 radical (unpaired) electrons. The van der Waals surface area contributed by atoms with E-state index in [9.17, 15) is 9.59 Å². The first kappa shape index (κ1) is 15.4. The van der Waals surface area contributed by atoms with Crippen molar-refractivity contribution in [2.75, 3.05) is 26.7 Å². The van der Waals surface area contributed by atoms with Gasteiger partial charge >= 0.3 is 12.0 Å². The van der Waals surface area contributed by atoms with Crippen LogP contribution in [0.5, 0.6) is 0 Å². The Morgan fingerprint density at radius 1 is 1.29 bits per heavy atom. The average Bonchev–Trinajstić information content (AvgIpc) is 2.87. The number of rotatable bonds is 4. The zero-order valence-corrected chi connectivity index (χ0v) is 12.5. The Kier molecular flexibility index (Phi) is 4.83. The highest BCUT2D eigenvalue weighted by Crippen LogP contribution is 2.23. The molecule has 1 saturated heterocycles. The van der Waals surface area contributed by atoms with Crippen molar-refractivity contribution in [1.29, 1.82) is 0 Å². The third-order valence-corrected chi connectivity index (χ3v) is 4.11. The Morgan fingerprint density at radius 3 is 2.52 bits per heavy atom. The Balaban J connectivity index is 1.87. The highest BCUT2D eigenvalue weighted by atomic mass is 16.4. The van der Waals surface area contributed by atoms with Gasteiger partial charge in [0.1, 0.15) is 0 Å². The van der Waals surface area contributed by atoms with Crippen LogP contribution in [-0.2, 0) is 11.2 Å². The lowest BCUT2D eigenvalue weighted by Gasteiger charge is -2.24. The third kappa shape index (κ3) is 3.74. The topological polar surface area (TPSA) is 60.9 Å². The number of carboxylic acids is 1. The van der Waals surface area contributed by atoms with Gasteiger partial charge < -0.3 is 14.9 Å². The zero-order valence-electron chi connectivity index (χ0n) is 12.5. The van der Waals surface area contributed by atoms with Crippen LogP contribution in [0.15, 0.2) is 30.3 Å². The number of likely N-dealkylation sites (tertiary alicyclic amines) is 1. The first-order valence-corrected chi connectivity index (χ1v) is 7.26. The minimum Gasteiger partial charge on any atom is -0.481 e. The van der Waals surface area contributed by atoms with Crippen LogP contribution in [0.2, 0.25) is 0 Å². The molecule has 2 rings (SSSR count). The summed E-state index contributed by atoms with van der Waals surface area (Å²) >= 11 is 0. The number of carbonyl (C=O) groups is 2. The van der Waals surface area contributed by atoms with Crippen molar-refractivity contribution in [3.05, 3.63) is 35.9 Å². The third-order valence-electron chi connectivity index (χ3n) is 4.11. The van der Waals surface area contributed by atoms with Crippen LogP contribution in [0.25, 0.3) is 0 Å². The maximum absolute atomic E-state index is 12.3. The minimum absolute atomic E-state index is 0.00831. The summed E-state index contributed by atoms with van der Waals surface area (Å²) in [5, 5.41) is 9.12. The molecule has 1 aliphatic heterocycles.